The van der Waals surface area contributed by atoms with Crippen LogP contribution in [0.1, 0.15) is 46.5 Å². The van der Waals surface area contributed by atoms with Crippen LogP contribution in [0.25, 0.3) is 0 Å². The van der Waals surface area contributed by atoms with E-state index in [9.17, 15) is 4.79 Å². The molecule has 82 valence electrons. The van der Waals surface area contributed by atoms with Gasteiger partial charge in [-0.25, -0.2) is 0 Å². The van der Waals surface area contributed by atoms with Crippen molar-refractivity contribution in [3.8, 4) is 0 Å². The van der Waals surface area contributed by atoms with Gasteiger partial charge in [-0.1, -0.05) is 26.7 Å². The summed E-state index contributed by atoms with van der Waals surface area (Å²) in [6.07, 6.45) is 4.28. The lowest BCUT2D eigenvalue weighted by atomic mass is 10.1. The Hall–Kier alpha value is -0.570. The van der Waals surface area contributed by atoms with Crippen LogP contribution in [0.5, 0.6) is 0 Å². The van der Waals surface area contributed by atoms with Crippen molar-refractivity contribution in [3.63, 3.8) is 0 Å². The van der Waals surface area contributed by atoms with E-state index >= 15 is 0 Å². The van der Waals surface area contributed by atoms with Crippen molar-refractivity contribution in [1.29, 1.82) is 0 Å². The predicted octanol–water partition coefficient (Wildman–Crippen LogP) is 1.73. The highest BCUT2D eigenvalue weighted by Crippen LogP contribution is 2.14. The molecule has 0 aromatic heterocycles. The first-order valence-corrected chi connectivity index (χ1v) is 5.74. The van der Waals surface area contributed by atoms with Gasteiger partial charge < -0.3 is 4.90 Å². The Balaban J connectivity index is 2.46. The molecule has 2 atom stereocenters. The van der Waals surface area contributed by atoms with E-state index in [1.165, 1.54) is 0 Å². The van der Waals surface area contributed by atoms with Crippen molar-refractivity contribution >= 4 is 5.91 Å². The van der Waals surface area contributed by atoms with E-state index in [-0.39, 0.29) is 6.04 Å². The molecule has 1 aliphatic heterocycles. The molecule has 0 aliphatic carbocycles. The number of hydrogen-bond acceptors (Lipinski definition) is 2. The maximum Gasteiger partial charge on any atom is 0.241 e. The Morgan fingerprint density at radius 1 is 1.50 bits per heavy atom. The summed E-state index contributed by atoms with van der Waals surface area (Å²) in [6, 6.07) is 0.473. The molecule has 0 aromatic carbocycles. The summed E-state index contributed by atoms with van der Waals surface area (Å²) in [5, 5.41) is 3.27. The molecule has 3 heteroatoms. The van der Waals surface area contributed by atoms with Crippen LogP contribution in [0.4, 0.5) is 0 Å². The molecular weight excluding hydrogens is 176 g/mol. The quantitative estimate of drug-likeness (QED) is 0.729. The van der Waals surface area contributed by atoms with Crippen molar-refractivity contribution < 1.29 is 4.79 Å². The molecule has 1 rings (SSSR count). The first-order chi connectivity index (χ1) is 6.70. The molecular formula is C11H22N2O. The van der Waals surface area contributed by atoms with Gasteiger partial charge in [-0.05, 0) is 19.8 Å². The number of carbonyl (C=O) groups excluding carboxylic acids is 1. The molecule has 2 unspecified atom stereocenters. The maximum absolute atomic E-state index is 11.9. The van der Waals surface area contributed by atoms with Crippen molar-refractivity contribution in [1.82, 2.24) is 10.2 Å². The smallest absolute Gasteiger partial charge is 0.241 e. The molecule has 0 saturated carbocycles. The van der Waals surface area contributed by atoms with Crippen LogP contribution in [-0.2, 0) is 4.79 Å². The van der Waals surface area contributed by atoms with Crippen molar-refractivity contribution in [2.75, 3.05) is 6.67 Å². The number of nitrogens with one attached hydrogen (secondary N) is 1. The number of rotatable bonds is 5. The summed E-state index contributed by atoms with van der Waals surface area (Å²) < 4.78 is 0. The fourth-order valence-corrected chi connectivity index (χ4v) is 2.03. The minimum atomic E-state index is 0.0827. The third-order valence-corrected chi connectivity index (χ3v) is 2.91. The summed E-state index contributed by atoms with van der Waals surface area (Å²) in [7, 11) is 0. The average molecular weight is 198 g/mol. The van der Waals surface area contributed by atoms with Gasteiger partial charge >= 0.3 is 0 Å². The van der Waals surface area contributed by atoms with Gasteiger partial charge in [-0.15, -0.1) is 0 Å². The number of amides is 1. The van der Waals surface area contributed by atoms with Gasteiger partial charge in [-0.2, -0.15) is 0 Å². The van der Waals surface area contributed by atoms with Crippen molar-refractivity contribution in [2.24, 2.45) is 0 Å². The molecule has 0 aromatic rings. The highest BCUT2D eigenvalue weighted by molar-refractivity contribution is 5.83. The number of carbonyl (C=O) groups is 1. The van der Waals surface area contributed by atoms with Crippen LogP contribution >= 0.6 is 0 Å². The topological polar surface area (TPSA) is 32.3 Å². The van der Waals surface area contributed by atoms with Gasteiger partial charge in [0.15, 0.2) is 0 Å². The Labute approximate surface area is 86.9 Å². The molecule has 0 bridgehead atoms. The highest BCUT2D eigenvalue weighted by Gasteiger charge is 2.32. The molecule has 1 N–H and O–H groups in total. The van der Waals surface area contributed by atoms with Gasteiger partial charge in [0, 0.05) is 6.04 Å². The third-order valence-electron chi connectivity index (χ3n) is 2.91. The SMILES string of the molecule is CCCC1NCN(C(C)CCC)C1=O. The molecule has 3 nitrogen and oxygen atoms in total. The normalized spacial score (nSPS) is 24.4. The second-order valence-corrected chi connectivity index (χ2v) is 4.15. The highest BCUT2D eigenvalue weighted by atomic mass is 16.2. The van der Waals surface area contributed by atoms with E-state index in [4.69, 9.17) is 0 Å². The molecule has 1 fully saturated rings. The fourth-order valence-electron chi connectivity index (χ4n) is 2.03. The lowest BCUT2D eigenvalue weighted by molar-refractivity contribution is -0.130. The van der Waals surface area contributed by atoms with Gasteiger partial charge in [-0.3, -0.25) is 10.1 Å². The second-order valence-electron chi connectivity index (χ2n) is 4.15. The van der Waals surface area contributed by atoms with E-state index in [2.05, 4.69) is 26.1 Å². The van der Waals surface area contributed by atoms with Crippen LogP contribution in [0, 0.1) is 0 Å². The van der Waals surface area contributed by atoms with Gasteiger partial charge in [0.2, 0.25) is 5.91 Å². The molecule has 0 radical (unpaired) electrons. The zero-order valence-electron chi connectivity index (χ0n) is 9.55. The zero-order chi connectivity index (χ0) is 10.6. The lowest BCUT2D eigenvalue weighted by Gasteiger charge is -2.23. The lowest BCUT2D eigenvalue weighted by Crippen LogP contribution is -2.36. The van der Waals surface area contributed by atoms with Gasteiger partial charge in [0.1, 0.15) is 0 Å². The summed E-state index contributed by atoms with van der Waals surface area (Å²) in [4.78, 5) is 13.9. The van der Waals surface area contributed by atoms with Crippen LogP contribution < -0.4 is 5.32 Å². The van der Waals surface area contributed by atoms with Crippen LogP contribution in [0.3, 0.4) is 0 Å². The molecule has 1 heterocycles. The largest absolute Gasteiger partial charge is 0.326 e. The minimum absolute atomic E-state index is 0.0827. The number of nitrogens with zero attached hydrogens (tertiary/aromatic N) is 1. The second kappa shape index (κ2) is 5.35. The first-order valence-electron chi connectivity index (χ1n) is 5.74. The van der Waals surface area contributed by atoms with E-state index in [0.29, 0.717) is 11.9 Å². The van der Waals surface area contributed by atoms with Crippen molar-refractivity contribution in [2.45, 2.75) is 58.5 Å². The monoisotopic (exact) mass is 198 g/mol. The average Bonchev–Trinajstić information content (AvgIpc) is 2.49. The Kier molecular flexibility index (Phi) is 4.39. The minimum Gasteiger partial charge on any atom is -0.326 e. The van der Waals surface area contributed by atoms with E-state index in [1.54, 1.807) is 0 Å². The van der Waals surface area contributed by atoms with E-state index in [1.807, 2.05) is 4.90 Å². The maximum atomic E-state index is 11.9. The van der Waals surface area contributed by atoms with Gasteiger partial charge in [0.25, 0.3) is 0 Å². The van der Waals surface area contributed by atoms with Crippen molar-refractivity contribution in [3.05, 3.63) is 0 Å². The summed E-state index contributed by atoms with van der Waals surface area (Å²) in [5.41, 5.74) is 0. The summed E-state index contributed by atoms with van der Waals surface area (Å²) in [6.45, 7) is 7.16. The van der Waals surface area contributed by atoms with Crippen LogP contribution in [0.15, 0.2) is 0 Å². The molecule has 14 heavy (non-hydrogen) atoms. The molecule has 0 spiro atoms. The molecule has 1 aliphatic rings. The summed E-state index contributed by atoms with van der Waals surface area (Å²) >= 11 is 0. The number of hydrogen-bond donors (Lipinski definition) is 1. The van der Waals surface area contributed by atoms with Crippen LogP contribution in [0.2, 0.25) is 0 Å². The van der Waals surface area contributed by atoms with Crippen LogP contribution in [-0.4, -0.2) is 29.6 Å². The van der Waals surface area contributed by atoms with Gasteiger partial charge in [0.05, 0.1) is 12.7 Å². The Morgan fingerprint density at radius 3 is 2.79 bits per heavy atom. The molecule has 1 saturated heterocycles. The third kappa shape index (κ3) is 2.47. The van der Waals surface area contributed by atoms with E-state index in [0.717, 1.165) is 32.4 Å². The zero-order valence-corrected chi connectivity index (χ0v) is 9.55. The Morgan fingerprint density at radius 2 is 2.21 bits per heavy atom. The Bertz CT molecular complexity index is 194. The first kappa shape index (κ1) is 11.5. The summed E-state index contributed by atoms with van der Waals surface area (Å²) in [5.74, 6) is 0.299. The molecule has 1 amide bonds. The predicted molar refractivity (Wildman–Crippen MR) is 57.9 cm³/mol. The fraction of sp³-hybridized carbons (Fsp3) is 0.909. The standard InChI is InChI=1S/C11H22N2O/c1-4-6-9(3)13-8-12-10(7-5-2)11(13)14/h9-10,12H,4-8H2,1-3H3. The van der Waals surface area contributed by atoms with E-state index < -0.39 is 0 Å².